The third kappa shape index (κ3) is 3.35. The number of rotatable bonds is 1. The molecular weight excluding hydrogens is 166 g/mol. The summed E-state index contributed by atoms with van der Waals surface area (Å²) in [5, 5.41) is 9.14. The molecule has 0 aromatic rings. The Kier molecular flexibility index (Phi) is 4.22. The smallest absolute Gasteiger partial charge is 0.251 e. The van der Waals surface area contributed by atoms with Gasteiger partial charge in [0.15, 0.2) is 0 Å². The Morgan fingerprint density at radius 2 is 1.62 bits per heavy atom. The zero-order chi connectivity index (χ0) is 9.68. The van der Waals surface area contributed by atoms with Crippen LogP contribution in [0.5, 0.6) is 0 Å². The Morgan fingerprint density at radius 1 is 1.15 bits per heavy atom. The summed E-state index contributed by atoms with van der Waals surface area (Å²) in [6.07, 6.45) is 5.04. The van der Waals surface area contributed by atoms with Crippen LogP contribution in [0.3, 0.4) is 0 Å². The highest BCUT2D eigenvalue weighted by Crippen LogP contribution is 2.11. The molecule has 3 nitrogen and oxygen atoms in total. The second-order valence-electron chi connectivity index (χ2n) is 3.77. The lowest BCUT2D eigenvalue weighted by Crippen LogP contribution is -2.39. The summed E-state index contributed by atoms with van der Waals surface area (Å²) < 4.78 is 0. The van der Waals surface area contributed by atoms with Crippen molar-refractivity contribution < 1.29 is 9.90 Å². The number of aliphatic hydroxyl groups excluding tert-OH is 1. The summed E-state index contributed by atoms with van der Waals surface area (Å²) in [4.78, 5) is 13.2. The van der Waals surface area contributed by atoms with Crippen LogP contribution in [0.25, 0.3) is 0 Å². The first-order valence-electron chi connectivity index (χ1n) is 5.18. The highest BCUT2D eigenvalue weighted by atomic mass is 16.3. The van der Waals surface area contributed by atoms with Gasteiger partial charge in [0.2, 0.25) is 0 Å². The molecular formula is C10H19NO2. The van der Waals surface area contributed by atoms with Crippen molar-refractivity contribution in [3.05, 3.63) is 0 Å². The Morgan fingerprint density at radius 3 is 2.08 bits per heavy atom. The Hall–Kier alpha value is -0.570. The molecule has 0 unspecified atom stereocenters. The minimum atomic E-state index is -0.834. The predicted molar refractivity (Wildman–Crippen MR) is 51.3 cm³/mol. The van der Waals surface area contributed by atoms with E-state index < -0.39 is 6.10 Å². The highest BCUT2D eigenvalue weighted by molar-refractivity contribution is 5.80. The molecule has 1 amide bonds. The second-order valence-corrected chi connectivity index (χ2v) is 3.77. The zero-order valence-corrected chi connectivity index (χ0v) is 8.33. The van der Waals surface area contributed by atoms with Crippen LogP contribution in [-0.2, 0) is 4.79 Å². The number of hydrogen-bond donors (Lipinski definition) is 1. The first kappa shape index (κ1) is 10.5. The SMILES string of the molecule is C[C@H](O)C(=O)N1CCCCCCC1. The van der Waals surface area contributed by atoms with E-state index in [9.17, 15) is 4.79 Å². The number of carbonyl (C=O) groups is 1. The molecule has 3 heteroatoms. The van der Waals surface area contributed by atoms with Gasteiger partial charge in [-0.15, -0.1) is 0 Å². The van der Waals surface area contributed by atoms with E-state index in [0.29, 0.717) is 0 Å². The summed E-state index contributed by atoms with van der Waals surface area (Å²) >= 11 is 0. The van der Waals surface area contributed by atoms with Crippen LogP contribution in [0.15, 0.2) is 0 Å². The molecule has 0 spiro atoms. The number of amides is 1. The van der Waals surface area contributed by atoms with E-state index in [2.05, 4.69) is 0 Å². The summed E-state index contributed by atoms with van der Waals surface area (Å²) in [5.74, 6) is -0.109. The lowest BCUT2D eigenvalue weighted by Gasteiger charge is -2.25. The minimum Gasteiger partial charge on any atom is -0.384 e. The van der Waals surface area contributed by atoms with Crippen molar-refractivity contribution in [2.45, 2.75) is 45.1 Å². The van der Waals surface area contributed by atoms with Crippen LogP contribution < -0.4 is 0 Å². The van der Waals surface area contributed by atoms with Gasteiger partial charge in [-0.3, -0.25) is 4.79 Å². The monoisotopic (exact) mass is 185 g/mol. The van der Waals surface area contributed by atoms with Gasteiger partial charge >= 0.3 is 0 Å². The van der Waals surface area contributed by atoms with Crippen LogP contribution in [0.4, 0.5) is 0 Å². The quantitative estimate of drug-likeness (QED) is 0.666. The molecule has 76 valence electrons. The Balaban J connectivity index is 2.41. The Bertz CT molecular complexity index is 160. The van der Waals surface area contributed by atoms with Crippen molar-refractivity contribution in [2.75, 3.05) is 13.1 Å². The second kappa shape index (κ2) is 5.22. The minimum absolute atomic E-state index is 0.109. The molecule has 1 saturated heterocycles. The van der Waals surface area contributed by atoms with E-state index in [4.69, 9.17) is 5.11 Å². The number of aliphatic hydroxyl groups is 1. The van der Waals surface area contributed by atoms with Gasteiger partial charge in [-0.2, -0.15) is 0 Å². The van der Waals surface area contributed by atoms with Crippen LogP contribution in [-0.4, -0.2) is 35.1 Å². The van der Waals surface area contributed by atoms with E-state index >= 15 is 0 Å². The van der Waals surface area contributed by atoms with Crippen LogP contribution in [0.2, 0.25) is 0 Å². The van der Waals surface area contributed by atoms with Crippen LogP contribution in [0.1, 0.15) is 39.0 Å². The first-order chi connectivity index (χ1) is 6.22. The number of hydrogen-bond acceptors (Lipinski definition) is 2. The summed E-state index contributed by atoms with van der Waals surface area (Å²) in [6, 6.07) is 0. The molecule has 1 aliphatic heterocycles. The van der Waals surface area contributed by atoms with Gasteiger partial charge in [0.05, 0.1) is 0 Å². The molecule has 1 N–H and O–H groups in total. The van der Waals surface area contributed by atoms with E-state index in [1.54, 1.807) is 11.8 Å². The van der Waals surface area contributed by atoms with Gasteiger partial charge in [-0.05, 0) is 19.8 Å². The largest absolute Gasteiger partial charge is 0.384 e. The lowest BCUT2D eigenvalue weighted by atomic mass is 10.1. The first-order valence-corrected chi connectivity index (χ1v) is 5.18. The normalized spacial score (nSPS) is 21.8. The zero-order valence-electron chi connectivity index (χ0n) is 8.33. The van der Waals surface area contributed by atoms with E-state index in [1.165, 1.54) is 19.3 Å². The maximum absolute atomic E-state index is 11.4. The highest BCUT2D eigenvalue weighted by Gasteiger charge is 2.18. The maximum Gasteiger partial charge on any atom is 0.251 e. The molecule has 13 heavy (non-hydrogen) atoms. The molecule has 0 saturated carbocycles. The molecule has 1 heterocycles. The van der Waals surface area contributed by atoms with Crippen molar-refractivity contribution in [1.82, 2.24) is 4.90 Å². The van der Waals surface area contributed by atoms with Crippen molar-refractivity contribution >= 4 is 5.91 Å². The molecule has 0 aromatic carbocycles. The fourth-order valence-electron chi connectivity index (χ4n) is 1.73. The van der Waals surface area contributed by atoms with Gasteiger partial charge in [-0.25, -0.2) is 0 Å². The Labute approximate surface area is 79.7 Å². The van der Waals surface area contributed by atoms with E-state index in [0.717, 1.165) is 25.9 Å². The molecule has 0 bridgehead atoms. The number of likely N-dealkylation sites (tertiary alicyclic amines) is 1. The summed E-state index contributed by atoms with van der Waals surface area (Å²) in [5.41, 5.74) is 0. The van der Waals surface area contributed by atoms with E-state index in [1.807, 2.05) is 0 Å². The standard InChI is InChI=1S/C10H19NO2/c1-9(12)10(13)11-7-5-3-2-4-6-8-11/h9,12H,2-8H2,1H3/t9-/m0/s1. The molecule has 0 aliphatic carbocycles. The fraction of sp³-hybridized carbons (Fsp3) is 0.900. The van der Waals surface area contributed by atoms with E-state index in [-0.39, 0.29) is 5.91 Å². The third-order valence-electron chi connectivity index (χ3n) is 2.53. The van der Waals surface area contributed by atoms with Gasteiger partial charge < -0.3 is 10.0 Å². The number of carbonyl (C=O) groups excluding carboxylic acids is 1. The molecule has 0 radical (unpaired) electrons. The fourth-order valence-corrected chi connectivity index (χ4v) is 1.73. The van der Waals surface area contributed by atoms with Gasteiger partial charge in [-0.1, -0.05) is 19.3 Å². The molecule has 1 fully saturated rings. The van der Waals surface area contributed by atoms with Crippen molar-refractivity contribution in [1.29, 1.82) is 0 Å². The van der Waals surface area contributed by atoms with Crippen molar-refractivity contribution in [3.8, 4) is 0 Å². The van der Waals surface area contributed by atoms with Crippen molar-refractivity contribution in [3.63, 3.8) is 0 Å². The average molecular weight is 185 g/mol. The molecule has 0 aromatic heterocycles. The van der Waals surface area contributed by atoms with Crippen LogP contribution >= 0.6 is 0 Å². The van der Waals surface area contributed by atoms with Crippen molar-refractivity contribution in [2.24, 2.45) is 0 Å². The summed E-state index contributed by atoms with van der Waals surface area (Å²) in [7, 11) is 0. The topological polar surface area (TPSA) is 40.5 Å². The molecule has 1 aliphatic rings. The maximum atomic E-state index is 11.4. The molecule has 1 atom stereocenters. The van der Waals surface area contributed by atoms with Gasteiger partial charge in [0.25, 0.3) is 5.91 Å². The average Bonchev–Trinajstić information content (AvgIpc) is 2.02. The van der Waals surface area contributed by atoms with Gasteiger partial charge in [0.1, 0.15) is 6.10 Å². The van der Waals surface area contributed by atoms with Gasteiger partial charge in [0, 0.05) is 13.1 Å². The predicted octanol–water partition coefficient (Wildman–Crippen LogP) is 1.16. The third-order valence-corrected chi connectivity index (χ3v) is 2.53. The number of nitrogens with zero attached hydrogens (tertiary/aromatic N) is 1. The molecule has 1 rings (SSSR count). The van der Waals surface area contributed by atoms with Crippen LogP contribution in [0, 0.1) is 0 Å². The summed E-state index contributed by atoms with van der Waals surface area (Å²) in [6.45, 7) is 3.19. The lowest BCUT2D eigenvalue weighted by molar-refractivity contribution is -0.139.